The molecule has 0 aliphatic carbocycles. The quantitative estimate of drug-likeness (QED) is 0.851. The van der Waals surface area contributed by atoms with Crippen LogP contribution in [-0.4, -0.2) is 26.2 Å². The largest absolute Gasteiger partial charge is 0.420 e. The van der Waals surface area contributed by atoms with Crippen molar-refractivity contribution in [3.8, 4) is 11.5 Å². The predicted molar refractivity (Wildman–Crippen MR) is 55.7 cm³/mol. The summed E-state index contributed by atoms with van der Waals surface area (Å²) in [7, 11) is 0. The normalized spacial score (nSPS) is 12.3. The molecule has 0 N–H and O–H groups in total. The van der Waals surface area contributed by atoms with E-state index < -0.39 is 12.7 Å². The third-order valence-electron chi connectivity index (χ3n) is 2.16. The molecular formula is C10H11F3N4O. The van der Waals surface area contributed by atoms with E-state index in [1.807, 2.05) is 13.8 Å². The van der Waals surface area contributed by atoms with Crippen LogP contribution in [0.4, 0.5) is 13.2 Å². The Balaban J connectivity index is 2.18. The summed E-state index contributed by atoms with van der Waals surface area (Å²) < 4.78 is 42.6. The van der Waals surface area contributed by atoms with Gasteiger partial charge in [0.2, 0.25) is 5.89 Å². The minimum absolute atomic E-state index is 0.0662. The van der Waals surface area contributed by atoms with E-state index in [0.29, 0.717) is 11.5 Å². The van der Waals surface area contributed by atoms with E-state index >= 15 is 0 Å². The molecule has 0 aromatic carbocycles. The van der Waals surface area contributed by atoms with Crippen LogP contribution < -0.4 is 0 Å². The molecule has 98 valence electrons. The molecule has 0 spiro atoms. The third kappa shape index (κ3) is 2.88. The molecule has 0 unspecified atom stereocenters. The van der Waals surface area contributed by atoms with E-state index in [9.17, 15) is 13.2 Å². The summed E-state index contributed by atoms with van der Waals surface area (Å²) in [5.41, 5.74) is 0.374. The van der Waals surface area contributed by atoms with Gasteiger partial charge in [-0.15, -0.1) is 10.2 Å². The zero-order chi connectivity index (χ0) is 13.3. The third-order valence-corrected chi connectivity index (χ3v) is 2.16. The zero-order valence-corrected chi connectivity index (χ0v) is 9.77. The van der Waals surface area contributed by atoms with Crippen LogP contribution in [-0.2, 0) is 6.54 Å². The zero-order valence-electron chi connectivity index (χ0n) is 9.77. The first-order valence-electron chi connectivity index (χ1n) is 5.28. The summed E-state index contributed by atoms with van der Waals surface area (Å²) in [4.78, 5) is 0. The first kappa shape index (κ1) is 12.6. The lowest BCUT2D eigenvalue weighted by atomic mass is 10.2. The Morgan fingerprint density at radius 3 is 2.61 bits per heavy atom. The average molecular weight is 260 g/mol. The van der Waals surface area contributed by atoms with Gasteiger partial charge in [0, 0.05) is 12.1 Å². The molecule has 0 bridgehead atoms. The Kier molecular flexibility index (Phi) is 3.10. The molecule has 2 rings (SSSR count). The molecule has 8 heteroatoms. The summed E-state index contributed by atoms with van der Waals surface area (Å²) in [6.45, 7) is 2.62. The van der Waals surface area contributed by atoms with Crippen LogP contribution in [0.15, 0.2) is 16.8 Å². The van der Waals surface area contributed by atoms with Crippen LogP contribution in [0, 0.1) is 0 Å². The Morgan fingerprint density at radius 2 is 2.06 bits per heavy atom. The predicted octanol–water partition coefficient (Wildman–Crippen LogP) is 2.62. The number of rotatable bonds is 3. The van der Waals surface area contributed by atoms with Gasteiger partial charge >= 0.3 is 6.18 Å². The highest BCUT2D eigenvalue weighted by Gasteiger charge is 2.28. The maximum atomic E-state index is 12.2. The average Bonchev–Trinajstić information content (AvgIpc) is 2.81. The van der Waals surface area contributed by atoms with E-state index in [2.05, 4.69) is 15.3 Å². The first-order chi connectivity index (χ1) is 8.35. The maximum absolute atomic E-state index is 12.2. The highest BCUT2D eigenvalue weighted by Crippen LogP contribution is 2.22. The molecule has 0 saturated carbocycles. The van der Waals surface area contributed by atoms with Crippen molar-refractivity contribution >= 4 is 0 Å². The molecule has 0 aliphatic rings. The van der Waals surface area contributed by atoms with Gasteiger partial charge in [-0.05, 0) is 0 Å². The first-order valence-corrected chi connectivity index (χ1v) is 5.28. The minimum atomic E-state index is -4.30. The van der Waals surface area contributed by atoms with Crippen LogP contribution in [0.2, 0.25) is 0 Å². The molecule has 0 radical (unpaired) electrons. The number of halogens is 3. The number of alkyl halides is 3. The van der Waals surface area contributed by atoms with Gasteiger partial charge in [0.25, 0.3) is 5.89 Å². The van der Waals surface area contributed by atoms with Crippen molar-refractivity contribution in [2.24, 2.45) is 0 Å². The van der Waals surface area contributed by atoms with Crippen LogP contribution in [0.25, 0.3) is 11.5 Å². The van der Waals surface area contributed by atoms with E-state index in [0.717, 1.165) is 4.68 Å². The van der Waals surface area contributed by atoms with Gasteiger partial charge in [0.1, 0.15) is 6.54 Å². The van der Waals surface area contributed by atoms with Crippen LogP contribution in [0.1, 0.15) is 25.7 Å². The molecule has 0 amide bonds. The van der Waals surface area contributed by atoms with Gasteiger partial charge in [-0.2, -0.15) is 18.3 Å². The standard InChI is InChI=1S/C10H11F3N4O/c1-6(2)8-15-16-9(18-8)7-3-14-17(4-7)5-10(11,12)13/h3-4,6H,5H2,1-2H3. The fourth-order valence-corrected chi connectivity index (χ4v) is 1.33. The number of hydrogen-bond donors (Lipinski definition) is 0. The molecule has 18 heavy (non-hydrogen) atoms. The van der Waals surface area contributed by atoms with Crippen molar-refractivity contribution < 1.29 is 17.6 Å². The fraction of sp³-hybridized carbons (Fsp3) is 0.500. The SMILES string of the molecule is CC(C)c1nnc(-c2cnn(CC(F)(F)F)c2)o1. The minimum Gasteiger partial charge on any atom is -0.420 e. The summed E-state index contributed by atoms with van der Waals surface area (Å²) in [5, 5.41) is 11.2. The van der Waals surface area contributed by atoms with Crippen molar-refractivity contribution in [1.82, 2.24) is 20.0 Å². The molecule has 2 heterocycles. The second-order valence-corrected chi connectivity index (χ2v) is 4.14. The highest BCUT2D eigenvalue weighted by molar-refractivity contribution is 5.49. The van der Waals surface area contributed by atoms with Gasteiger partial charge in [0.15, 0.2) is 0 Å². The molecule has 0 atom stereocenters. The molecule has 0 fully saturated rings. The van der Waals surface area contributed by atoms with Crippen molar-refractivity contribution in [3.05, 3.63) is 18.3 Å². The second-order valence-electron chi connectivity index (χ2n) is 4.14. The molecule has 2 aromatic heterocycles. The topological polar surface area (TPSA) is 56.7 Å². The summed E-state index contributed by atoms with van der Waals surface area (Å²) in [6, 6.07) is 0. The van der Waals surface area contributed by atoms with Gasteiger partial charge in [-0.25, -0.2) is 0 Å². The van der Waals surface area contributed by atoms with Crippen molar-refractivity contribution in [2.45, 2.75) is 32.5 Å². The van der Waals surface area contributed by atoms with E-state index in [4.69, 9.17) is 4.42 Å². The van der Waals surface area contributed by atoms with Crippen LogP contribution >= 0.6 is 0 Å². The summed E-state index contributed by atoms with van der Waals surface area (Å²) in [6.07, 6.45) is -1.81. The highest BCUT2D eigenvalue weighted by atomic mass is 19.4. The molecule has 2 aromatic rings. The number of nitrogens with zero attached hydrogens (tertiary/aromatic N) is 4. The van der Waals surface area contributed by atoms with Crippen molar-refractivity contribution in [1.29, 1.82) is 0 Å². The van der Waals surface area contributed by atoms with Crippen LogP contribution in [0.3, 0.4) is 0 Å². The number of hydrogen-bond acceptors (Lipinski definition) is 4. The molecule has 0 aliphatic heterocycles. The van der Waals surface area contributed by atoms with E-state index in [1.54, 1.807) is 0 Å². The van der Waals surface area contributed by atoms with Gasteiger partial charge in [0.05, 0.1) is 11.8 Å². The summed E-state index contributed by atoms with van der Waals surface area (Å²) >= 11 is 0. The number of aromatic nitrogens is 4. The van der Waals surface area contributed by atoms with E-state index in [1.165, 1.54) is 12.4 Å². The molecule has 0 saturated heterocycles. The maximum Gasteiger partial charge on any atom is 0.408 e. The second kappa shape index (κ2) is 4.43. The van der Waals surface area contributed by atoms with Crippen molar-refractivity contribution in [3.63, 3.8) is 0 Å². The monoisotopic (exact) mass is 260 g/mol. The molecule has 5 nitrogen and oxygen atoms in total. The Labute approximate surface area is 101 Å². The smallest absolute Gasteiger partial charge is 0.408 e. The van der Waals surface area contributed by atoms with E-state index in [-0.39, 0.29) is 11.8 Å². The van der Waals surface area contributed by atoms with Gasteiger partial charge < -0.3 is 4.42 Å². The molecular weight excluding hydrogens is 249 g/mol. The Bertz CT molecular complexity index is 529. The van der Waals surface area contributed by atoms with Gasteiger partial charge in [-0.3, -0.25) is 4.68 Å². The Morgan fingerprint density at radius 1 is 1.33 bits per heavy atom. The summed E-state index contributed by atoms with van der Waals surface area (Å²) in [5.74, 6) is 0.678. The lowest BCUT2D eigenvalue weighted by Crippen LogP contribution is -2.17. The fourth-order valence-electron chi connectivity index (χ4n) is 1.33. The lowest BCUT2D eigenvalue weighted by Gasteiger charge is -2.04. The van der Waals surface area contributed by atoms with Crippen molar-refractivity contribution in [2.75, 3.05) is 0 Å². The lowest BCUT2D eigenvalue weighted by molar-refractivity contribution is -0.142. The van der Waals surface area contributed by atoms with Crippen LogP contribution in [0.5, 0.6) is 0 Å². The Hall–Kier alpha value is -1.86. The van der Waals surface area contributed by atoms with Gasteiger partial charge in [-0.1, -0.05) is 13.8 Å².